The molecule has 1 atom stereocenters. The first-order valence-corrected chi connectivity index (χ1v) is 13.3. The van der Waals surface area contributed by atoms with Crippen molar-refractivity contribution in [3.63, 3.8) is 0 Å². The number of benzene rings is 5. The molecular formula is C31H23O4P. The Morgan fingerprint density at radius 3 is 1.61 bits per heavy atom. The lowest BCUT2D eigenvalue weighted by Crippen LogP contribution is -2.37. The molecule has 2 N–H and O–H groups in total. The molecule has 5 aromatic carbocycles. The Morgan fingerprint density at radius 2 is 1.00 bits per heavy atom. The highest BCUT2D eigenvalue weighted by Crippen LogP contribution is 2.71. The van der Waals surface area contributed by atoms with Crippen molar-refractivity contribution in [1.29, 1.82) is 0 Å². The van der Waals surface area contributed by atoms with Crippen LogP contribution in [0.15, 0.2) is 127 Å². The summed E-state index contributed by atoms with van der Waals surface area (Å²) in [5.74, 6) is 0.775. The van der Waals surface area contributed by atoms with E-state index in [2.05, 4.69) is 0 Å². The van der Waals surface area contributed by atoms with Crippen LogP contribution < -0.4 is 9.83 Å². The standard InChI is InChI=1S/C31H23O4P/c32-25-18-14-23(15-19-25)31(22-8-2-1-3-9-22,24-16-20-26(33)21-17-24)36(34)30-13-7-5-11-28(30)27-10-4-6-12-29(27)35-36/h1-21,32-33H. The number of para-hydroxylation sites is 1. The maximum atomic E-state index is 15.9. The number of aromatic hydroxyl groups is 2. The summed E-state index contributed by atoms with van der Waals surface area (Å²) in [4.78, 5) is 0. The zero-order valence-electron chi connectivity index (χ0n) is 19.3. The fraction of sp³-hybridized carbons (Fsp3) is 0.0323. The fourth-order valence-corrected chi connectivity index (χ4v) is 8.55. The molecule has 0 aromatic heterocycles. The van der Waals surface area contributed by atoms with Gasteiger partial charge in [0.1, 0.15) is 22.4 Å². The molecule has 5 aromatic rings. The second kappa shape index (κ2) is 8.44. The number of hydrogen-bond donors (Lipinski definition) is 2. The van der Waals surface area contributed by atoms with Gasteiger partial charge < -0.3 is 14.7 Å². The minimum atomic E-state index is -3.84. The molecule has 1 unspecified atom stereocenters. The van der Waals surface area contributed by atoms with Gasteiger partial charge in [-0.05, 0) is 58.7 Å². The topological polar surface area (TPSA) is 66.8 Å². The fourth-order valence-electron chi connectivity index (χ4n) is 5.26. The molecule has 1 heterocycles. The van der Waals surface area contributed by atoms with Gasteiger partial charge in [-0.3, -0.25) is 4.57 Å². The van der Waals surface area contributed by atoms with Crippen LogP contribution in [0.1, 0.15) is 16.7 Å². The van der Waals surface area contributed by atoms with Crippen molar-refractivity contribution in [3.8, 4) is 28.4 Å². The highest BCUT2D eigenvalue weighted by atomic mass is 31.2. The summed E-state index contributed by atoms with van der Waals surface area (Å²) in [7, 11) is -3.84. The zero-order valence-corrected chi connectivity index (χ0v) is 20.2. The summed E-state index contributed by atoms with van der Waals surface area (Å²) in [6.45, 7) is 0. The number of phenols is 2. The summed E-state index contributed by atoms with van der Waals surface area (Å²) < 4.78 is 22.5. The van der Waals surface area contributed by atoms with Crippen LogP contribution in [-0.2, 0) is 9.72 Å². The van der Waals surface area contributed by atoms with E-state index in [0.717, 1.165) is 16.7 Å². The van der Waals surface area contributed by atoms with Crippen LogP contribution in [0.5, 0.6) is 17.2 Å². The van der Waals surface area contributed by atoms with E-state index in [0.29, 0.717) is 22.2 Å². The average Bonchev–Trinajstić information content (AvgIpc) is 2.92. The Hall–Kier alpha value is -4.27. The second-order valence-corrected chi connectivity index (χ2v) is 11.3. The van der Waals surface area contributed by atoms with Gasteiger partial charge in [0.15, 0.2) is 0 Å². The third-order valence-corrected chi connectivity index (χ3v) is 9.96. The molecule has 4 nitrogen and oxygen atoms in total. The summed E-state index contributed by atoms with van der Waals surface area (Å²) in [6, 6.07) is 38.6. The van der Waals surface area contributed by atoms with Crippen LogP contribution in [0.4, 0.5) is 0 Å². The second-order valence-electron chi connectivity index (χ2n) is 8.83. The van der Waals surface area contributed by atoms with Crippen molar-refractivity contribution in [2.75, 3.05) is 0 Å². The predicted octanol–water partition coefficient (Wildman–Crippen LogP) is 7.05. The van der Waals surface area contributed by atoms with Gasteiger partial charge in [-0.25, -0.2) is 0 Å². The Bertz CT molecular complexity index is 1550. The van der Waals surface area contributed by atoms with Gasteiger partial charge in [-0.1, -0.05) is 91.0 Å². The molecule has 0 saturated heterocycles. The zero-order chi connectivity index (χ0) is 24.8. The predicted molar refractivity (Wildman–Crippen MR) is 142 cm³/mol. The first-order chi connectivity index (χ1) is 17.5. The monoisotopic (exact) mass is 490 g/mol. The van der Waals surface area contributed by atoms with Gasteiger partial charge in [0.25, 0.3) is 7.37 Å². The van der Waals surface area contributed by atoms with E-state index < -0.39 is 12.5 Å². The maximum absolute atomic E-state index is 15.9. The van der Waals surface area contributed by atoms with Gasteiger partial charge in [0.05, 0.1) is 5.30 Å². The molecule has 0 spiro atoms. The minimum Gasteiger partial charge on any atom is -0.508 e. The number of rotatable bonds is 4. The number of fused-ring (bicyclic) bond motifs is 3. The Kier molecular flexibility index (Phi) is 5.21. The SMILES string of the molecule is O=P1(C(c2ccccc2)(c2ccc(O)cc2)c2ccc(O)cc2)Oc2ccccc2-c2ccccc21. The van der Waals surface area contributed by atoms with Crippen molar-refractivity contribution in [2.24, 2.45) is 0 Å². The van der Waals surface area contributed by atoms with Crippen molar-refractivity contribution in [2.45, 2.75) is 5.16 Å². The molecule has 0 fully saturated rings. The molecule has 36 heavy (non-hydrogen) atoms. The van der Waals surface area contributed by atoms with Crippen LogP contribution in [0.2, 0.25) is 0 Å². The van der Waals surface area contributed by atoms with E-state index in [9.17, 15) is 10.2 Å². The van der Waals surface area contributed by atoms with Crippen LogP contribution in [-0.4, -0.2) is 10.2 Å². The molecule has 6 rings (SSSR count). The molecule has 0 amide bonds. The molecule has 0 bridgehead atoms. The molecule has 0 radical (unpaired) electrons. The van der Waals surface area contributed by atoms with Gasteiger partial charge in [-0.15, -0.1) is 0 Å². The molecule has 176 valence electrons. The third-order valence-electron chi connectivity index (χ3n) is 6.83. The summed E-state index contributed by atoms with van der Waals surface area (Å²) >= 11 is 0. The van der Waals surface area contributed by atoms with Crippen LogP contribution in [0, 0.1) is 0 Å². The average molecular weight is 490 g/mol. The van der Waals surface area contributed by atoms with Crippen molar-refractivity contribution >= 4 is 12.7 Å². The van der Waals surface area contributed by atoms with Crippen LogP contribution in [0.25, 0.3) is 11.1 Å². The smallest absolute Gasteiger partial charge is 0.296 e. The Morgan fingerprint density at radius 1 is 0.528 bits per heavy atom. The maximum Gasteiger partial charge on any atom is 0.296 e. The molecule has 0 aliphatic carbocycles. The molecule has 1 aliphatic heterocycles. The van der Waals surface area contributed by atoms with E-state index in [4.69, 9.17) is 4.52 Å². The highest BCUT2D eigenvalue weighted by Gasteiger charge is 2.57. The van der Waals surface area contributed by atoms with E-state index in [1.807, 2.05) is 78.9 Å². The molecule has 0 saturated carbocycles. The first-order valence-electron chi connectivity index (χ1n) is 11.7. The summed E-state index contributed by atoms with van der Waals surface area (Å²) in [6.07, 6.45) is 0. The Balaban J connectivity index is 1.79. The summed E-state index contributed by atoms with van der Waals surface area (Å²) in [5.41, 5.74) is 3.93. The lowest BCUT2D eigenvalue weighted by atomic mass is 9.84. The minimum absolute atomic E-state index is 0.111. The van der Waals surface area contributed by atoms with E-state index in [1.165, 1.54) is 0 Å². The number of hydrogen-bond acceptors (Lipinski definition) is 4. The molecule has 5 heteroatoms. The number of phenolic OH excluding ortho intramolecular Hbond substituents is 2. The molecule has 1 aliphatic rings. The van der Waals surface area contributed by atoms with Crippen molar-refractivity contribution in [3.05, 3.63) is 144 Å². The van der Waals surface area contributed by atoms with Gasteiger partial charge in [0.2, 0.25) is 0 Å². The lowest BCUT2D eigenvalue weighted by molar-refractivity contribution is 0.464. The third kappa shape index (κ3) is 3.19. The highest BCUT2D eigenvalue weighted by molar-refractivity contribution is 7.69. The van der Waals surface area contributed by atoms with E-state index in [-0.39, 0.29) is 11.5 Å². The first kappa shape index (κ1) is 22.2. The van der Waals surface area contributed by atoms with Gasteiger partial charge in [0, 0.05) is 5.56 Å². The molecular weight excluding hydrogens is 467 g/mol. The van der Waals surface area contributed by atoms with Crippen LogP contribution in [0.3, 0.4) is 0 Å². The summed E-state index contributed by atoms with van der Waals surface area (Å²) in [5, 5.41) is 19.6. The quantitative estimate of drug-likeness (QED) is 0.209. The van der Waals surface area contributed by atoms with Crippen molar-refractivity contribution < 1.29 is 19.3 Å². The normalized spacial score (nSPS) is 16.4. The van der Waals surface area contributed by atoms with E-state index >= 15 is 4.57 Å². The van der Waals surface area contributed by atoms with Crippen molar-refractivity contribution in [1.82, 2.24) is 0 Å². The van der Waals surface area contributed by atoms with Gasteiger partial charge in [-0.2, -0.15) is 0 Å². The van der Waals surface area contributed by atoms with Crippen LogP contribution >= 0.6 is 7.37 Å². The Labute approximate surface area is 209 Å². The van der Waals surface area contributed by atoms with Gasteiger partial charge >= 0.3 is 0 Å². The van der Waals surface area contributed by atoms with E-state index in [1.54, 1.807) is 48.5 Å². The lowest BCUT2D eigenvalue weighted by Gasteiger charge is -2.44. The largest absolute Gasteiger partial charge is 0.508 e.